The van der Waals surface area contributed by atoms with Crippen LogP contribution < -0.4 is 0 Å². The summed E-state index contributed by atoms with van der Waals surface area (Å²) in [6.07, 6.45) is 4.86. The van der Waals surface area contributed by atoms with Crippen molar-refractivity contribution < 1.29 is 5.11 Å². The van der Waals surface area contributed by atoms with Crippen LogP contribution in [-0.4, -0.2) is 34.7 Å². The molecule has 92 valence electrons. The Morgan fingerprint density at radius 2 is 1.81 bits per heavy atom. The molecule has 0 aliphatic carbocycles. The summed E-state index contributed by atoms with van der Waals surface area (Å²) >= 11 is 0. The molecule has 1 saturated heterocycles. The fourth-order valence-corrected chi connectivity index (χ4v) is 2.93. The van der Waals surface area contributed by atoms with Gasteiger partial charge in [0.25, 0.3) is 0 Å². The van der Waals surface area contributed by atoms with Gasteiger partial charge in [-0.15, -0.1) is 11.8 Å². The summed E-state index contributed by atoms with van der Waals surface area (Å²) in [5.74, 6) is 5.90. The van der Waals surface area contributed by atoms with Crippen molar-refractivity contribution >= 4 is 0 Å². The molecule has 0 spiro atoms. The molecule has 1 unspecified atom stereocenters. The minimum atomic E-state index is -0.312. The number of nitrogens with zero attached hydrogens (tertiary/aromatic N) is 1. The number of rotatable bonds is 5. The summed E-state index contributed by atoms with van der Waals surface area (Å²) in [6, 6.07) is 0. The van der Waals surface area contributed by atoms with Gasteiger partial charge in [0.15, 0.2) is 0 Å². The molecule has 1 heterocycles. The quantitative estimate of drug-likeness (QED) is 0.724. The van der Waals surface area contributed by atoms with Gasteiger partial charge in [-0.05, 0) is 45.7 Å². The third-order valence-corrected chi connectivity index (χ3v) is 4.05. The van der Waals surface area contributed by atoms with E-state index >= 15 is 0 Å². The third kappa shape index (κ3) is 2.59. The monoisotopic (exact) mass is 223 g/mol. The molecule has 1 fully saturated rings. The Hall–Kier alpha value is -0.520. The van der Waals surface area contributed by atoms with Crippen molar-refractivity contribution in [1.29, 1.82) is 0 Å². The molecule has 1 N–H and O–H groups in total. The molecule has 1 atom stereocenters. The molecule has 1 aliphatic rings. The van der Waals surface area contributed by atoms with Gasteiger partial charge < -0.3 is 5.11 Å². The van der Waals surface area contributed by atoms with Gasteiger partial charge in [0, 0.05) is 12.0 Å². The molecule has 2 heteroatoms. The molecular formula is C14H25NO. The lowest BCUT2D eigenvalue weighted by molar-refractivity contribution is -0.0245. The van der Waals surface area contributed by atoms with Gasteiger partial charge in [-0.25, -0.2) is 0 Å². The molecule has 0 radical (unpaired) electrons. The maximum atomic E-state index is 10.4. The number of hydrogen-bond acceptors (Lipinski definition) is 2. The maximum Gasteiger partial charge on any atom is 0.0832 e. The van der Waals surface area contributed by atoms with E-state index in [-0.39, 0.29) is 11.6 Å². The fourth-order valence-electron chi connectivity index (χ4n) is 2.93. The number of aliphatic hydroxyl groups excluding tert-OH is 1. The molecule has 0 aromatic heterocycles. The lowest BCUT2D eigenvalue weighted by atomic mass is 9.83. The smallest absolute Gasteiger partial charge is 0.0832 e. The van der Waals surface area contributed by atoms with Crippen LogP contribution in [0.4, 0.5) is 0 Å². The summed E-state index contributed by atoms with van der Waals surface area (Å²) in [7, 11) is 0. The zero-order valence-electron chi connectivity index (χ0n) is 10.9. The maximum absolute atomic E-state index is 10.4. The molecule has 1 rings (SSSR count). The van der Waals surface area contributed by atoms with E-state index in [1.807, 2.05) is 6.92 Å². The number of likely N-dealkylation sites (tertiary alicyclic amines) is 1. The Labute approximate surface area is 100 Å². The van der Waals surface area contributed by atoms with E-state index in [0.717, 1.165) is 25.9 Å². The second-order valence-corrected chi connectivity index (χ2v) is 4.65. The fraction of sp³-hybridized carbons (Fsp3) is 0.857. The van der Waals surface area contributed by atoms with Crippen molar-refractivity contribution in [3.05, 3.63) is 0 Å². The van der Waals surface area contributed by atoms with E-state index in [0.29, 0.717) is 6.42 Å². The molecule has 0 saturated carbocycles. The van der Waals surface area contributed by atoms with Crippen LogP contribution in [0.2, 0.25) is 0 Å². The molecular weight excluding hydrogens is 198 g/mol. The lowest BCUT2D eigenvalue weighted by Crippen LogP contribution is -2.54. The molecule has 1 aliphatic heterocycles. The average Bonchev–Trinajstić information content (AvgIpc) is 2.83. The topological polar surface area (TPSA) is 23.5 Å². The molecule has 0 amide bonds. The Morgan fingerprint density at radius 3 is 2.25 bits per heavy atom. The summed E-state index contributed by atoms with van der Waals surface area (Å²) < 4.78 is 0. The highest BCUT2D eigenvalue weighted by molar-refractivity contribution is 5.04. The molecule has 0 aromatic rings. The van der Waals surface area contributed by atoms with Crippen molar-refractivity contribution in [2.75, 3.05) is 13.1 Å². The third-order valence-electron chi connectivity index (χ3n) is 4.05. The van der Waals surface area contributed by atoms with Crippen LogP contribution in [0.3, 0.4) is 0 Å². The zero-order valence-corrected chi connectivity index (χ0v) is 10.9. The van der Waals surface area contributed by atoms with E-state index in [1.54, 1.807) is 0 Å². The van der Waals surface area contributed by atoms with Gasteiger partial charge in [0.2, 0.25) is 0 Å². The van der Waals surface area contributed by atoms with Gasteiger partial charge in [0.1, 0.15) is 0 Å². The van der Waals surface area contributed by atoms with E-state index in [4.69, 9.17) is 0 Å². The highest BCUT2D eigenvalue weighted by atomic mass is 16.3. The number of aliphatic hydroxyl groups is 1. The lowest BCUT2D eigenvalue weighted by Gasteiger charge is -2.44. The van der Waals surface area contributed by atoms with Gasteiger partial charge in [-0.3, -0.25) is 4.90 Å². The second kappa shape index (κ2) is 6.27. The van der Waals surface area contributed by atoms with Gasteiger partial charge in [0.05, 0.1) is 6.10 Å². The SMILES string of the molecule is CC#CCC(O)C(CC)(CC)N1CCCC1. The highest BCUT2D eigenvalue weighted by Gasteiger charge is 2.40. The van der Waals surface area contributed by atoms with Gasteiger partial charge in [-0.2, -0.15) is 0 Å². The Morgan fingerprint density at radius 1 is 1.25 bits per heavy atom. The average molecular weight is 223 g/mol. The van der Waals surface area contributed by atoms with Gasteiger partial charge in [-0.1, -0.05) is 13.8 Å². The van der Waals surface area contributed by atoms with E-state index in [2.05, 4.69) is 30.6 Å². The highest BCUT2D eigenvalue weighted by Crippen LogP contribution is 2.32. The molecule has 16 heavy (non-hydrogen) atoms. The second-order valence-electron chi connectivity index (χ2n) is 4.65. The predicted octanol–water partition coefficient (Wildman–Crippen LogP) is 2.42. The molecule has 2 nitrogen and oxygen atoms in total. The van der Waals surface area contributed by atoms with Crippen LogP contribution in [0.25, 0.3) is 0 Å². The summed E-state index contributed by atoms with van der Waals surface area (Å²) in [6.45, 7) is 8.48. The Balaban J connectivity index is 2.79. The number of hydrogen-bond donors (Lipinski definition) is 1. The summed E-state index contributed by atoms with van der Waals surface area (Å²) in [5.41, 5.74) is -0.0413. The largest absolute Gasteiger partial charge is 0.390 e. The van der Waals surface area contributed by atoms with Crippen LogP contribution in [0.1, 0.15) is 52.9 Å². The van der Waals surface area contributed by atoms with Crippen LogP contribution in [0, 0.1) is 11.8 Å². The Kier molecular flexibility index (Phi) is 5.31. The van der Waals surface area contributed by atoms with Crippen molar-refractivity contribution in [2.24, 2.45) is 0 Å². The van der Waals surface area contributed by atoms with Crippen molar-refractivity contribution in [1.82, 2.24) is 4.90 Å². The van der Waals surface area contributed by atoms with Crippen LogP contribution in [0.15, 0.2) is 0 Å². The first-order chi connectivity index (χ1) is 7.71. The van der Waals surface area contributed by atoms with E-state index < -0.39 is 0 Å². The van der Waals surface area contributed by atoms with Gasteiger partial charge >= 0.3 is 0 Å². The van der Waals surface area contributed by atoms with Crippen molar-refractivity contribution in [2.45, 2.75) is 64.5 Å². The minimum absolute atomic E-state index is 0.0413. The van der Waals surface area contributed by atoms with E-state index in [1.165, 1.54) is 12.8 Å². The molecule has 0 bridgehead atoms. The standard InChI is InChI=1S/C14H25NO/c1-4-7-10-13(16)14(5-2,6-3)15-11-8-9-12-15/h13,16H,5-6,8-12H2,1-3H3. The first-order valence-corrected chi connectivity index (χ1v) is 6.54. The molecule has 0 aromatic carbocycles. The van der Waals surface area contributed by atoms with Crippen molar-refractivity contribution in [3.8, 4) is 11.8 Å². The summed E-state index contributed by atoms with van der Waals surface area (Å²) in [4.78, 5) is 2.48. The first-order valence-electron chi connectivity index (χ1n) is 6.54. The van der Waals surface area contributed by atoms with Crippen LogP contribution >= 0.6 is 0 Å². The van der Waals surface area contributed by atoms with Crippen LogP contribution in [0.5, 0.6) is 0 Å². The predicted molar refractivity (Wildman–Crippen MR) is 68.2 cm³/mol. The normalized spacial score (nSPS) is 19.2. The van der Waals surface area contributed by atoms with Crippen LogP contribution in [-0.2, 0) is 0 Å². The Bertz CT molecular complexity index is 254. The first kappa shape index (κ1) is 13.5. The minimum Gasteiger partial charge on any atom is -0.390 e. The van der Waals surface area contributed by atoms with Crippen molar-refractivity contribution in [3.63, 3.8) is 0 Å². The zero-order chi connectivity index (χ0) is 12.0. The summed E-state index contributed by atoms with van der Waals surface area (Å²) in [5, 5.41) is 10.4. The van der Waals surface area contributed by atoms with E-state index in [9.17, 15) is 5.11 Å².